The molecular formula is C24H31N7O2. The van der Waals surface area contributed by atoms with Gasteiger partial charge in [0.2, 0.25) is 5.95 Å². The third kappa shape index (κ3) is 4.88. The maximum atomic E-state index is 11.9. The van der Waals surface area contributed by atoms with Crippen molar-refractivity contribution in [1.29, 1.82) is 0 Å². The van der Waals surface area contributed by atoms with E-state index in [1.165, 1.54) is 10.7 Å². The Hall–Kier alpha value is -3.33. The van der Waals surface area contributed by atoms with Crippen LogP contribution >= 0.6 is 0 Å². The molecule has 0 atom stereocenters. The second kappa shape index (κ2) is 8.22. The molecule has 1 aliphatic rings. The second-order valence-electron chi connectivity index (χ2n) is 10.1. The highest BCUT2D eigenvalue weighted by Crippen LogP contribution is 2.34. The van der Waals surface area contributed by atoms with Crippen LogP contribution in [0.25, 0.3) is 22.4 Å². The first-order chi connectivity index (χ1) is 15.4. The molecule has 3 aromatic rings. The van der Waals surface area contributed by atoms with Gasteiger partial charge in [-0.25, -0.2) is 9.67 Å². The molecule has 33 heavy (non-hydrogen) atoms. The zero-order valence-electron chi connectivity index (χ0n) is 20.0. The van der Waals surface area contributed by atoms with Crippen LogP contribution in [-0.2, 0) is 7.05 Å². The molecule has 2 aromatic heterocycles. The Labute approximate surface area is 193 Å². The molecular weight excluding hydrogens is 418 g/mol. The standard InChI is InChI=1S/C24H31N7O2/c1-23(2)11-17(12-24(3,4)29-23)30(5)22-25-14-19(27-28-22)18-8-7-15(9-20(18)32)16-10-21(33)31(6)26-13-16/h7-10,13-14,17,29,32H,11-12H2,1-6H3. The van der Waals surface area contributed by atoms with E-state index in [9.17, 15) is 9.90 Å². The summed E-state index contributed by atoms with van der Waals surface area (Å²) in [6.45, 7) is 8.86. The number of aromatic hydroxyl groups is 1. The fourth-order valence-corrected chi connectivity index (χ4v) is 4.81. The van der Waals surface area contributed by atoms with E-state index in [1.54, 1.807) is 31.6 Å². The number of hydrogen-bond donors (Lipinski definition) is 2. The Morgan fingerprint density at radius 3 is 2.33 bits per heavy atom. The predicted molar refractivity (Wildman–Crippen MR) is 128 cm³/mol. The maximum Gasteiger partial charge on any atom is 0.267 e. The highest BCUT2D eigenvalue weighted by atomic mass is 16.3. The number of aryl methyl sites for hydroxylation is 1. The van der Waals surface area contributed by atoms with Gasteiger partial charge in [0.1, 0.15) is 11.4 Å². The lowest BCUT2D eigenvalue weighted by Crippen LogP contribution is -2.62. The Morgan fingerprint density at radius 2 is 1.76 bits per heavy atom. The lowest BCUT2D eigenvalue weighted by atomic mass is 9.79. The fourth-order valence-electron chi connectivity index (χ4n) is 4.81. The number of phenols is 1. The Bertz CT molecular complexity index is 1200. The van der Waals surface area contributed by atoms with E-state index in [4.69, 9.17) is 0 Å². The first-order valence-corrected chi connectivity index (χ1v) is 11.0. The number of anilines is 1. The van der Waals surface area contributed by atoms with Crippen LogP contribution in [0, 0.1) is 0 Å². The maximum absolute atomic E-state index is 11.9. The lowest BCUT2D eigenvalue weighted by Gasteiger charge is -2.48. The summed E-state index contributed by atoms with van der Waals surface area (Å²) in [6, 6.07) is 6.91. The van der Waals surface area contributed by atoms with Crippen molar-refractivity contribution in [1.82, 2.24) is 30.3 Å². The highest BCUT2D eigenvalue weighted by Gasteiger charge is 2.39. The zero-order chi connectivity index (χ0) is 24.0. The lowest BCUT2D eigenvalue weighted by molar-refractivity contribution is 0.160. The number of hydrogen-bond acceptors (Lipinski definition) is 8. The smallest absolute Gasteiger partial charge is 0.267 e. The summed E-state index contributed by atoms with van der Waals surface area (Å²) in [5.74, 6) is 0.590. The normalized spacial score (nSPS) is 17.6. The van der Waals surface area contributed by atoms with E-state index >= 15 is 0 Å². The minimum atomic E-state index is -0.216. The van der Waals surface area contributed by atoms with Crippen LogP contribution in [0.15, 0.2) is 41.5 Å². The van der Waals surface area contributed by atoms with Crippen LogP contribution in [0.5, 0.6) is 5.75 Å². The van der Waals surface area contributed by atoms with Gasteiger partial charge < -0.3 is 15.3 Å². The van der Waals surface area contributed by atoms with Gasteiger partial charge in [-0.3, -0.25) is 4.79 Å². The molecule has 0 spiro atoms. The van der Waals surface area contributed by atoms with Gasteiger partial charge in [0.15, 0.2) is 0 Å². The molecule has 0 aliphatic carbocycles. The van der Waals surface area contributed by atoms with Crippen molar-refractivity contribution in [3.8, 4) is 28.1 Å². The van der Waals surface area contributed by atoms with E-state index in [-0.39, 0.29) is 28.4 Å². The van der Waals surface area contributed by atoms with Gasteiger partial charge in [0.25, 0.3) is 5.56 Å². The first kappa shape index (κ1) is 22.8. The van der Waals surface area contributed by atoms with Crippen LogP contribution in [0.2, 0.25) is 0 Å². The number of piperidine rings is 1. The van der Waals surface area contributed by atoms with Crippen LogP contribution in [0.1, 0.15) is 40.5 Å². The van der Waals surface area contributed by atoms with Gasteiger partial charge in [-0.2, -0.15) is 5.10 Å². The van der Waals surface area contributed by atoms with E-state index in [2.05, 4.69) is 58.2 Å². The predicted octanol–water partition coefficient (Wildman–Crippen LogP) is 2.75. The zero-order valence-corrected chi connectivity index (χ0v) is 20.0. The molecule has 2 N–H and O–H groups in total. The van der Waals surface area contributed by atoms with E-state index in [1.807, 2.05) is 13.1 Å². The second-order valence-corrected chi connectivity index (χ2v) is 10.1. The quantitative estimate of drug-likeness (QED) is 0.626. The fraction of sp³-hybridized carbons (Fsp3) is 0.458. The van der Waals surface area contributed by atoms with Crippen molar-refractivity contribution in [3.05, 3.63) is 47.0 Å². The molecule has 0 radical (unpaired) electrons. The summed E-state index contributed by atoms with van der Waals surface area (Å²) in [6.07, 6.45) is 5.16. The molecule has 0 bridgehead atoms. The number of phenolic OH excluding ortho intramolecular Hbond substituents is 1. The molecule has 3 heterocycles. The minimum absolute atomic E-state index is 0.0140. The van der Waals surface area contributed by atoms with Crippen molar-refractivity contribution in [2.75, 3.05) is 11.9 Å². The van der Waals surface area contributed by atoms with Gasteiger partial charge in [0.05, 0.1) is 12.4 Å². The number of aromatic nitrogens is 5. The van der Waals surface area contributed by atoms with Crippen LogP contribution in [0.4, 0.5) is 5.95 Å². The summed E-state index contributed by atoms with van der Waals surface area (Å²) in [5.41, 5.74) is 2.13. The molecule has 0 saturated carbocycles. The molecule has 0 amide bonds. The Balaban J connectivity index is 1.55. The first-order valence-electron chi connectivity index (χ1n) is 11.0. The van der Waals surface area contributed by atoms with Gasteiger partial charge in [-0.15, -0.1) is 10.2 Å². The third-order valence-corrected chi connectivity index (χ3v) is 6.16. The summed E-state index contributed by atoms with van der Waals surface area (Å²) in [7, 11) is 3.59. The van der Waals surface area contributed by atoms with Gasteiger partial charge >= 0.3 is 0 Å². The van der Waals surface area contributed by atoms with Crippen molar-refractivity contribution in [2.24, 2.45) is 7.05 Å². The number of nitrogens with one attached hydrogen (secondary N) is 1. The Kier molecular flexibility index (Phi) is 5.69. The molecule has 4 rings (SSSR count). The number of nitrogens with zero attached hydrogens (tertiary/aromatic N) is 6. The van der Waals surface area contributed by atoms with Crippen LogP contribution < -0.4 is 15.8 Å². The van der Waals surface area contributed by atoms with Gasteiger partial charge in [-0.05, 0) is 58.2 Å². The van der Waals surface area contributed by atoms with Gasteiger partial charge in [0, 0.05) is 48.4 Å². The molecule has 9 nitrogen and oxygen atoms in total. The summed E-state index contributed by atoms with van der Waals surface area (Å²) in [5, 5.41) is 27.0. The van der Waals surface area contributed by atoms with E-state index in [0.717, 1.165) is 12.8 Å². The molecule has 1 saturated heterocycles. The van der Waals surface area contributed by atoms with Crippen molar-refractivity contribution in [3.63, 3.8) is 0 Å². The average Bonchev–Trinajstić information content (AvgIpc) is 2.73. The van der Waals surface area contributed by atoms with E-state index in [0.29, 0.717) is 28.3 Å². The number of benzene rings is 1. The highest BCUT2D eigenvalue weighted by molar-refractivity contribution is 5.73. The Morgan fingerprint density at radius 1 is 1.06 bits per heavy atom. The molecule has 174 valence electrons. The average molecular weight is 450 g/mol. The largest absolute Gasteiger partial charge is 0.507 e. The third-order valence-electron chi connectivity index (χ3n) is 6.16. The van der Waals surface area contributed by atoms with E-state index < -0.39 is 0 Å². The van der Waals surface area contributed by atoms with Crippen molar-refractivity contribution < 1.29 is 5.11 Å². The molecule has 1 aliphatic heterocycles. The van der Waals surface area contributed by atoms with Crippen LogP contribution in [0.3, 0.4) is 0 Å². The SMILES string of the molecule is CN(c1ncc(-c2ccc(-c3cnn(C)c(=O)c3)cc2O)nn1)C1CC(C)(C)NC(C)(C)C1. The van der Waals surface area contributed by atoms with Crippen molar-refractivity contribution in [2.45, 2.75) is 57.7 Å². The van der Waals surface area contributed by atoms with Crippen molar-refractivity contribution >= 4 is 5.95 Å². The summed E-state index contributed by atoms with van der Waals surface area (Å²) >= 11 is 0. The molecule has 1 fully saturated rings. The molecule has 1 aromatic carbocycles. The number of rotatable bonds is 4. The molecule has 0 unspecified atom stereocenters. The van der Waals surface area contributed by atoms with Gasteiger partial charge in [-0.1, -0.05) is 6.07 Å². The summed E-state index contributed by atoms with van der Waals surface area (Å²) in [4.78, 5) is 18.5. The van der Waals surface area contributed by atoms with Crippen LogP contribution in [-0.4, -0.2) is 54.2 Å². The molecule has 9 heteroatoms. The summed E-state index contributed by atoms with van der Waals surface area (Å²) < 4.78 is 1.25. The monoisotopic (exact) mass is 449 g/mol. The minimum Gasteiger partial charge on any atom is -0.507 e. The topological polar surface area (TPSA) is 109 Å².